The molecule has 0 atom stereocenters. The highest BCUT2D eigenvalue weighted by Gasteiger charge is 2.30. The Hall–Kier alpha value is -1.72. The molecular formula is C24H31N3OS. The molecule has 3 heterocycles. The van der Waals surface area contributed by atoms with Crippen LogP contribution in [0.15, 0.2) is 30.9 Å². The van der Waals surface area contributed by atoms with Gasteiger partial charge in [0.2, 0.25) is 0 Å². The van der Waals surface area contributed by atoms with Crippen molar-refractivity contribution in [2.45, 2.75) is 57.4 Å². The van der Waals surface area contributed by atoms with Crippen molar-refractivity contribution in [3.8, 4) is 0 Å². The first-order valence-corrected chi connectivity index (χ1v) is 11.9. The molecule has 0 unspecified atom stereocenters. The van der Waals surface area contributed by atoms with Crippen molar-refractivity contribution in [1.82, 2.24) is 13.8 Å². The van der Waals surface area contributed by atoms with Crippen LogP contribution in [-0.4, -0.2) is 44.6 Å². The van der Waals surface area contributed by atoms with E-state index in [4.69, 9.17) is 0 Å². The third kappa shape index (κ3) is 3.75. The minimum Gasteiger partial charge on any atom is -0.340 e. The van der Waals surface area contributed by atoms with Gasteiger partial charge in [-0.05, 0) is 55.4 Å². The molecule has 2 aliphatic heterocycles. The number of likely N-dealkylation sites (tertiary alicyclic amines) is 1. The molecule has 29 heavy (non-hydrogen) atoms. The SMILES string of the molecule is C=CCn1c2c(c3cc(C(=O)N4CCC(C)CC4)ccc31)CN(SC1CC1)CC2. The standard InChI is InChI=1S/C24H31N3OS/c1-3-11-27-22-7-4-18(24(28)25-12-8-17(2)9-13-25)15-20(22)21-16-26(14-10-23(21)27)29-19-5-6-19/h3-4,7,15,17,19H,1,5-6,8-14,16H2,2H3. The maximum atomic E-state index is 13.2. The summed E-state index contributed by atoms with van der Waals surface area (Å²) in [5, 5.41) is 2.09. The van der Waals surface area contributed by atoms with Crippen molar-refractivity contribution >= 4 is 28.8 Å². The molecule has 2 fully saturated rings. The lowest BCUT2D eigenvalue weighted by Crippen LogP contribution is -2.37. The summed E-state index contributed by atoms with van der Waals surface area (Å²) in [5.74, 6) is 0.931. The van der Waals surface area contributed by atoms with Crippen LogP contribution in [0.5, 0.6) is 0 Å². The zero-order valence-electron chi connectivity index (χ0n) is 17.4. The number of carbonyl (C=O) groups excluding carboxylic acids is 1. The zero-order valence-corrected chi connectivity index (χ0v) is 18.2. The summed E-state index contributed by atoms with van der Waals surface area (Å²) in [7, 11) is 0. The lowest BCUT2D eigenvalue weighted by molar-refractivity contribution is 0.0697. The fourth-order valence-electron chi connectivity index (χ4n) is 4.76. The quantitative estimate of drug-likeness (QED) is 0.521. The number of amides is 1. The number of allylic oxidation sites excluding steroid dienone is 1. The Labute approximate surface area is 178 Å². The summed E-state index contributed by atoms with van der Waals surface area (Å²) >= 11 is 2.04. The average molecular weight is 410 g/mol. The summed E-state index contributed by atoms with van der Waals surface area (Å²) in [6.45, 7) is 11.0. The summed E-state index contributed by atoms with van der Waals surface area (Å²) in [4.78, 5) is 15.2. The highest BCUT2D eigenvalue weighted by molar-refractivity contribution is 7.97. The first-order valence-electron chi connectivity index (χ1n) is 11.1. The van der Waals surface area contributed by atoms with Crippen LogP contribution < -0.4 is 0 Å². The second-order valence-corrected chi connectivity index (χ2v) is 10.3. The van der Waals surface area contributed by atoms with Crippen molar-refractivity contribution in [1.29, 1.82) is 0 Å². The minimum absolute atomic E-state index is 0.198. The van der Waals surface area contributed by atoms with E-state index in [-0.39, 0.29) is 5.91 Å². The Balaban J connectivity index is 1.49. The molecule has 0 radical (unpaired) electrons. The minimum atomic E-state index is 0.198. The maximum Gasteiger partial charge on any atom is 0.253 e. The number of rotatable bonds is 5. The van der Waals surface area contributed by atoms with Crippen molar-refractivity contribution in [2.24, 2.45) is 5.92 Å². The lowest BCUT2D eigenvalue weighted by atomic mass is 9.98. The van der Waals surface area contributed by atoms with Crippen LogP contribution in [0.2, 0.25) is 0 Å². The van der Waals surface area contributed by atoms with E-state index in [1.807, 2.05) is 29.0 Å². The molecule has 154 valence electrons. The third-order valence-corrected chi connectivity index (χ3v) is 8.05. The van der Waals surface area contributed by atoms with Crippen LogP contribution in [0.4, 0.5) is 0 Å². The predicted octanol–water partition coefficient (Wildman–Crippen LogP) is 4.87. The Morgan fingerprint density at radius 3 is 2.72 bits per heavy atom. The van der Waals surface area contributed by atoms with E-state index in [2.05, 4.69) is 34.5 Å². The molecular weight excluding hydrogens is 378 g/mol. The van der Waals surface area contributed by atoms with Gasteiger partial charge < -0.3 is 9.47 Å². The number of benzene rings is 1. The van der Waals surface area contributed by atoms with E-state index in [9.17, 15) is 4.79 Å². The van der Waals surface area contributed by atoms with Crippen LogP contribution in [0.1, 0.15) is 54.2 Å². The molecule has 1 aromatic carbocycles. The Bertz CT molecular complexity index is 937. The molecule has 1 aromatic heterocycles. The predicted molar refractivity (Wildman–Crippen MR) is 121 cm³/mol. The summed E-state index contributed by atoms with van der Waals surface area (Å²) in [6.07, 6.45) is 8.02. The van der Waals surface area contributed by atoms with Crippen molar-refractivity contribution in [2.75, 3.05) is 19.6 Å². The number of aromatic nitrogens is 1. The monoisotopic (exact) mass is 409 g/mol. The second-order valence-electron chi connectivity index (χ2n) is 8.95. The van der Waals surface area contributed by atoms with Crippen LogP contribution >= 0.6 is 11.9 Å². The molecule has 2 aromatic rings. The molecule has 5 heteroatoms. The highest BCUT2D eigenvalue weighted by atomic mass is 32.2. The normalized spacial score (nSPS) is 20.8. The molecule has 0 bridgehead atoms. The van der Waals surface area contributed by atoms with Gasteiger partial charge in [0.25, 0.3) is 5.91 Å². The first-order chi connectivity index (χ1) is 14.1. The first kappa shape index (κ1) is 19.3. The van der Waals surface area contributed by atoms with Gasteiger partial charge in [0.15, 0.2) is 0 Å². The summed E-state index contributed by atoms with van der Waals surface area (Å²) < 4.78 is 4.95. The van der Waals surface area contributed by atoms with Crippen LogP contribution in [0.25, 0.3) is 10.9 Å². The Morgan fingerprint density at radius 1 is 1.21 bits per heavy atom. The van der Waals surface area contributed by atoms with Gasteiger partial charge in [0.05, 0.1) is 0 Å². The number of carbonyl (C=O) groups is 1. The fourth-order valence-corrected chi connectivity index (χ4v) is 5.93. The maximum absolute atomic E-state index is 13.2. The largest absolute Gasteiger partial charge is 0.340 e. The summed E-state index contributed by atoms with van der Waals surface area (Å²) in [6, 6.07) is 6.36. The number of hydrogen-bond donors (Lipinski definition) is 0. The molecule has 0 N–H and O–H groups in total. The molecule has 1 aliphatic carbocycles. The number of piperidine rings is 1. The van der Waals surface area contributed by atoms with E-state index < -0.39 is 0 Å². The molecule has 1 saturated heterocycles. The average Bonchev–Trinajstić information content (AvgIpc) is 3.51. The van der Waals surface area contributed by atoms with Gasteiger partial charge in [-0.2, -0.15) is 0 Å². The Morgan fingerprint density at radius 2 is 2.00 bits per heavy atom. The van der Waals surface area contributed by atoms with Gasteiger partial charge >= 0.3 is 0 Å². The van der Waals surface area contributed by atoms with Gasteiger partial charge in [-0.3, -0.25) is 4.79 Å². The van der Waals surface area contributed by atoms with Crippen molar-refractivity contribution in [3.05, 3.63) is 47.7 Å². The number of nitrogens with zero attached hydrogens (tertiary/aromatic N) is 3. The molecule has 4 nitrogen and oxygen atoms in total. The van der Waals surface area contributed by atoms with Gasteiger partial charge in [-0.15, -0.1) is 6.58 Å². The van der Waals surface area contributed by atoms with Crippen LogP contribution in [0.3, 0.4) is 0 Å². The van der Waals surface area contributed by atoms with E-state index >= 15 is 0 Å². The van der Waals surface area contributed by atoms with Crippen LogP contribution in [0, 0.1) is 5.92 Å². The summed E-state index contributed by atoms with van der Waals surface area (Å²) in [5.41, 5.74) is 4.95. The van der Waals surface area contributed by atoms with E-state index in [1.165, 1.54) is 35.0 Å². The topological polar surface area (TPSA) is 28.5 Å². The van der Waals surface area contributed by atoms with E-state index in [0.717, 1.165) is 68.7 Å². The smallest absolute Gasteiger partial charge is 0.253 e. The molecule has 3 aliphatic rings. The number of fused-ring (bicyclic) bond motifs is 3. The van der Waals surface area contributed by atoms with Gasteiger partial charge in [-0.25, -0.2) is 4.31 Å². The second kappa shape index (κ2) is 7.84. The lowest BCUT2D eigenvalue weighted by Gasteiger charge is -2.30. The molecule has 5 rings (SSSR count). The molecule has 0 spiro atoms. The zero-order chi connectivity index (χ0) is 20.0. The van der Waals surface area contributed by atoms with E-state index in [0.29, 0.717) is 0 Å². The molecule has 1 saturated carbocycles. The highest BCUT2D eigenvalue weighted by Crippen LogP contribution is 2.40. The van der Waals surface area contributed by atoms with Gasteiger partial charge in [0.1, 0.15) is 0 Å². The molecule has 1 amide bonds. The van der Waals surface area contributed by atoms with Crippen molar-refractivity contribution < 1.29 is 4.79 Å². The van der Waals surface area contributed by atoms with E-state index in [1.54, 1.807) is 0 Å². The van der Waals surface area contributed by atoms with Gasteiger partial charge in [-0.1, -0.05) is 24.9 Å². The fraction of sp³-hybridized carbons (Fsp3) is 0.542. The van der Waals surface area contributed by atoms with Crippen molar-refractivity contribution in [3.63, 3.8) is 0 Å². The van der Waals surface area contributed by atoms with Crippen LogP contribution in [-0.2, 0) is 19.5 Å². The Kier molecular flexibility index (Phi) is 5.21. The van der Waals surface area contributed by atoms with Gasteiger partial charge in [0, 0.05) is 66.6 Å². The third-order valence-electron chi connectivity index (χ3n) is 6.67. The number of hydrogen-bond acceptors (Lipinski definition) is 3.